The number of nitrogens with zero attached hydrogens (tertiary/aromatic N) is 1. The molecule has 1 heterocycles. The van der Waals surface area contributed by atoms with Crippen LogP contribution >= 0.6 is 0 Å². The van der Waals surface area contributed by atoms with E-state index in [0.29, 0.717) is 18.8 Å². The van der Waals surface area contributed by atoms with Gasteiger partial charge in [-0.05, 0) is 30.7 Å². The van der Waals surface area contributed by atoms with Gasteiger partial charge in [0.25, 0.3) is 0 Å². The third kappa shape index (κ3) is 3.05. The van der Waals surface area contributed by atoms with Crippen LogP contribution in [0, 0.1) is 5.92 Å². The maximum absolute atomic E-state index is 11.9. The predicted molar refractivity (Wildman–Crippen MR) is 71.9 cm³/mol. The molecule has 1 aliphatic heterocycles. The number of hydrogen-bond donors (Lipinski definition) is 2. The first-order valence-electron chi connectivity index (χ1n) is 6.49. The Kier molecular flexibility index (Phi) is 4.04. The number of carbonyl (C=O) groups is 2. The number of rotatable bonds is 4. The molecule has 1 aliphatic rings. The van der Waals surface area contributed by atoms with Gasteiger partial charge in [0.05, 0.1) is 5.92 Å². The molecule has 1 atom stereocenters. The summed E-state index contributed by atoms with van der Waals surface area (Å²) < 4.78 is 0. The van der Waals surface area contributed by atoms with Gasteiger partial charge in [-0.1, -0.05) is 6.92 Å². The fourth-order valence-corrected chi connectivity index (χ4v) is 2.16. The van der Waals surface area contributed by atoms with E-state index >= 15 is 0 Å². The van der Waals surface area contributed by atoms with Gasteiger partial charge in [-0.2, -0.15) is 0 Å². The van der Waals surface area contributed by atoms with Gasteiger partial charge < -0.3 is 15.3 Å². The zero-order chi connectivity index (χ0) is 13.8. The lowest BCUT2D eigenvalue weighted by Crippen LogP contribution is -2.33. The molecule has 0 aliphatic carbocycles. The Hall–Kier alpha value is -2.04. The van der Waals surface area contributed by atoms with Gasteiger partial charge in [0, 0.05) is 25.2 Å². The molecule has 1 fully saturated rings. The topological polar surface area (TPSA) is 69.6 Å². The molecule has 19 heavy (non-hydrogen) atoms. The number of amides is 2. The molecule has 2 amide bonds. The molecular formula is C14H18N2O3. The molecule has 2 N–H and O–H groups in total. The Morgan fingerprint density at radius 3 is 2.74 bits per heavy atom. The largest absolute Gasteiger partial charge is 0.508 e. The first kappa shape index (κ1) is 13.4. The highest BCUT2D eigenvalue weighted by Crippen LogP contribution is 2.26. The number of benzene rings is 1. The van der Waals surface area contributed by atoms with Crippen molar-refractivity contribution in [1.82, 2.24) is 5.32 Å². The van der Waals surface area contributed by atoms with Crippen LogP contribution in [-0.4, -0.2) is 30.0 Å². The number of anilines is 1. The van der Waals surface area contributed by atoms with Crippen LogP contribution in [0.25, 0.3) is 0 Å². The number of nitrogens with one attached hydrogen (secondary N) is 1. The van der Waals surface area contributed by atoms with E-state index < -0.39 is 0 Å². The second kappa shape index (κ2) is 5.73. The van der Waals surface area contributed by atoms with Crippen LogP contribution in [0.5, 0.6) is 5.75 Å². The van der Waals surface area contributed by atoms with Crippen LogP contribution in [0.2, 0.25) is 0 Å². The number of hydrogen-bond acceptors (Lipinski definition) is 3. The van der Waals surface area contributed by atoms with Crippen LogP contribution in [0.4, 0.5) is 5.69 Å². The van der Waals surface area contributed by atoms with Crippen molar-refractivity contribution in [3.8, 4) is 5.75 Å². The van der Waals surface area contributed by atoms with Crippen molar-refractivity contribution >= 4 is 17.5 Å². The summed E-state index contributed by atoms with van der Waals surface area (Å²) in [5.74, 6) is -0.237. The first-order valence-corrected chi connectivity index (χ1v) is 6.49. The fourth-order valence-electron chi connectivity index (χ4n) is 2.16. The van der Waals surface area contributed by atoms with Crippen LogP contribution < -0.4 is 10.2 Å². The zero-order valence-electron chi connectivity index (χ0n) is 10.9. The molecule has 1 aromatic carbocycles. The molecule has 102 valence electrons. The Morgan fingerprint density at radius 2 is 2.11 bits per heavy atom. The Bertz CT molecular complexity index is 470. The molecule has 1 aromatic rings. The van der Waals surface area contributed by atoms with Gasteiger partial charge in [-0.15, -0.1) is 0 Å². The second-order valence-corrected chi connectivity index (χ2v) is 4.71. The van der Waals surface area contributed by atoms with Gasteiger partial charge in [-0.3, -0.25) is 9.59 Å². The van der Waals surface area contributed by atoms with E-state index in [0.717, 1.165) is 6.42 Å². The third-order valence-corrected chi connectivity index (χ3v) is 3.21. The maximum Gasteiger partial charge on any atom is 0.227 e. The fraction of sp³-hybridized carbons (Fsp3) is 0.429. The van der Waals surface area contributed by atoms with E-state index in [4.69, 9.17) is 0 Å². The molecule has 0 radical (unpaired) electrons. The van der Waals surface area contributed by atoms with Crippen molar-refractivity contribution in [3.05, 3.63) is 24.3 Å². The molecule has 0 bridgehead atoms. The standard InChI is InChI=1S/C14H18N2O3/c1-2-7-15-14(19)10-8-13(18)16(9-10)11-3-5-12(17)6-4-11/h3-6,10,17H,2,7-9H2,1H3,(H,15,19)/t10-/m1/s1. The van der Waals surface area contributed by atoms with E-state index in [1.54, 1.807) is 17.0 Å². The van der Waals surface area contributed by atoms with Crippen LogP contribution in [0.3, 0.4) is 0 Å². The van der Waals surface area contributed by atoms with Crippen molar-refractivity contribution in [2.75, 3.05) is 18.0 Å². The summed E-state index contributed by atoms with van der Waals surface area (Å²) in [4.78, 5) is 25.4. The van der Waals surface area contributed by atoms with Gasteiger partial charge in [0.1, 0.15) is 5.75 Å². The van der Waals surface area contributed by atoms with Crippen LogP contribution in [-0.2, 0) is 9.59 Å². The summed E-state index contributed by atoms with van der Waals surface area (Å²) in [6.07, 6.45) is 1.13. The second-order valence-electron chi connectivity index (χ2n) is 4.71. The van der Waals surface area contributed by atoms with Crippen molar-refractivity contribution in [2.24, 2.45) is 5.92 Å². The zero-order valence-corrected chi connectivity index (χ0v) is 10.9. The molecule has 1 saturated heterocycles. The molecule has 5 nitrogen and oxygen atoms in total. The average Bonchev–Trinajstić information content (AvgIpc) is 2.79. The maximum atomic E-state index is 11.9. The lowest BCUT2D eigenvalue weighted by Gasteiger charge is -2.16. The number of carbonyl (C=O) groups excluding carboxylic acids is 2. The Morgan fingerprint density at radius 1 is 1.42 bits per heavy atom. The van der Waals surface area contributed by atoms with E-state index in [2.05, 4.69) is 5.32 Å². The highest BCUT2D eigenvalue weighted by molar-refractivity contribution is 6.00. The summed E-state index contributed by atoms with van der Waals surface area (Å²) in [5.41, 5.74) is 0.716. The van der Waals surface area contributed by atoms with Crippen LogP contribution in [0.1, 0.15) is 19.8 Å². The number of phenols is 1. The minimum atomic E-state index is -0.284. The molecule has 0 unspecified atom stereocenters. The van der Waals surface area contributed by atoms with Gasteiger partial charge in [-0.25, -0.2) is 0 Å². The normalized spacial score (nSPS) is 18.7. The summed E-state index contributed by atoms with van der Waals surface area (Å²) in [6.45, 7) is 3.03. The molecule has 2 rings (SSSR count). The quantitative estimate of drug-likeness (QED) is 0.858. The Labute approximate surface area is 112 Å². The summed E-state index contributed by atoms with van der Waals surface area (Å²) in [6, 6.07) is 6.43. The molecular weight excluding hydrogens is 244 g/mol. The highest BCUT2D eigenvalue weighted by atomic mass is 16.3. The van der Waals surface area contributed by atoms with E-state index in [1.807, 2.05) is 6.92 Å². The third-order valence-electron chi connectivity index (χ3n) is 3.21. The van der Waals surface area contributed by atoms with E-state index in [9.17, 15) is 14.7 Å². The predicted octanol–water partition coefficient (Wildman–Crippen LogP) is 1.27. The van der Waals surface area contributed by atoms with Crippen molar-refractivity contribution < 1.29 is 14.7 Å². The van der Waals surface area contributed by atoms with E-state index in [1.165, 1.54) is 12.1 Å². The van der Waals surface area contributed by atoms with Gasteiger partial charge in [0.2, 0.25) is 11.8 Å². The summed E-state index contributed by atoms with van der Waals surface area (Å²) in [5, 5.41) is 12.1. The minimum absolute atomic E-state index is 0.0534. The lowest BCUT2D eigenvalue weighted by molar-refractivity contribution is -0.126. The number of phenolic OH excluding ortho intramolecular Hbond substituents is 1. The number of aromatic hydroxyl groups is 1. The van der Waals surface area contributed by atoms with Gasteiger partial charge in [0.15, 0.2) is 0 Å². The van der Waals surface area contributed by atoms with Crippen molar-refractivity contribution in [2.45, 2.75) is 19.8 Å². The molecule has 0 spiro atoms. The summed E-state index contributed by atoms with van der Waals surface area (Å²) >= 11 is 0. The monoisotopic (exact) mass is 262 g/mol. The van der Waals surface area contributed by atoms with E-state index in [-0.39, 0.29) is 29.9 Å². The summed E-state index contributed by atoms with van der Waals surface area (Å²) in [7, 11) is 0. The van der Waals surface area contributed by atoms with Crippen molar-refractivity contribution in [3.63, 3.8) is 0 Å². The van der Waals surface area contributed by atoms with Crippen LogP contribution in [0.15, 0.2) is 24.3 Å². The smallest absolute Gasteiger partial charge is 0.227 e. The SMILES string of the molecule is CCCNC(=O)[C@@H]1CC(=O)N(c2ccc(O)cc2)C1. The lowest BCUT2D eigenvalue weighted by atomic mass is 10.1. The van der Waals surface area contributed by atoms with Crippen molar-refractivity contribution in [1.29, 1.82) is 0 Å². The molecule has 5 heteroatoms. The Balaban J connectivity index is 2.03. The minimum Gasteiger partial charge on any atom is -0.508 e. The molecule has 0 saturated carbocycles. The average molecular weight is 262 g/mol. The first-order chi connectivity index (χ1) is 9.11. The van der Waals surface area contributed by atoms with Gasteiger partial charge >= 0.3 is 0 Å². The highest BCUT2D eigenvalue weighted by Gasteiger charge is 2.34. The molecule has 0 aromatic heterocycles.